The summed E-state index contributed by atoms with van der Waals surface area (Å²) in [5.41, 5.74) is 0. The number of hydrogen-bond donors (Lipinski definition) is 0. The fraction of sp³-hybridized carbons (Fsp3) is 0.824. The molecule has 2 saturated heterocycles. The smallest absolute Gasteiger partial charge is 0.243 e. The first-order valence-electron chi connectivity index (χ1n) is 9.28. The highest BCUT2D eigenvalue weighted by Crippen LogP contribution is 2.38. The van der Waals surface area contributed by atoms with E-state index >= 15 is 0 Å². The van der Waals surface area contributed by atoms with Crippen LogP contribution in [0.2, 0.25) is 0 Å². The number of piperazine rings is 1. The first-order chi connectivity index (χ1) is 11.7. The lowest BCUT2D eigenvalue weighted by molar-refractivity contribution is -0.131. The molecule has 1 unspecified atom stereocenters. The monoisotopic (exact) mass is 333 g/mol. The largest absolute Gasteiger partial charge is 0.342 e. The van der Waals surface area contributed by atoms with Gasteiger partial charge in [-0.3, -0.25) is 14.6 Å². The van der Waals surface area contributed by atoms with Crippen LogP contribution in [-0.4, -0.2) is 76.6 Å². The van der Waals surface area contributed by atoms with E-state index in [1.165, 1.54) is 12.8 Å². The summed E-state index contributed by atoms with van der Waals surface area (Å²) in [4.78, 5) is 23.5. The van der Waals surface area contributed by atoms with Crippen LogP contribution in [0, 0.1) is 0 Å². The second-order valence-electron chi connectivity index (χ2n) is 7.34. The van der Waals surface area contributed by atoms with Gasteiger partial charge in [0.05, 0.1) is 12.6 Å². The zero-order valence-electron chi connectivity index (χ0n) is 14.5. The van der Waals surface area contributed by atoms with Crippen LogP contribution in [0.25, 0.3) is 0 Å². The molecule has 1 aromatic rings. The summed E-state index contributed by atoms with van der Waals surface area (Å²) in [6.45, 7) is 8.31. The number of hydrogen-bond acceptors (Lipinski definition) is 6. The quantitative estimate of drug-likeness (QED) is 0.808. The van der Waals surface area contributed by atoms with E-state index < -0.39 is 0 Å². The summed E-state index contributed by atoms with van der Waals surface area (Å²) in [5, 5.41) is 4.12. The van der Waals surface area contributed by atoms with Gasteiger partial charge in [-0.1, -0.05) is 5.16 Å². The number of amides is 1. The van der Waals surface area contributed by atoms with Crippen molar-refractivity contribution in [3.63, 3.8) is 0 Å². The first kappa shape index (κ1) is 16.0. The normalized spacial score (nSPS) is 24.5. The minimum atomic E-state index is 0.154. The third kappa shape index (κ3) is 3.47. The van der Waals surface area contributed by atoms with Gasteiger partial charge in [-0.15, -0.1) is 0 Å². The lowest BCUT2D eigenvalue weighted by Crippen LogP contribution is -2.50. The second-order valence-corrected chi connectivity index (χ2v) is 7.34. The fourth-order valence-electron chi connectivity index (χ4n) is 3.65. The van der Waals surface area contributed by atoms with Crippen molar-refractivity contribution in [2.75, 3.05) is 45.8 Å². The van der Waals surface area contributed by atoms with Gasteiger partial charge < -0.3 is 9.42 Å². The van der Waals surface area contributed by atoms with Crippen LogP contribution in [0.15, 0.2) is 4.52 Å². The lowest BCUT2D eigenvalue weighted by Gasteiger charge is -2.36. The van der Waals surface area contributed by atoms with E-state index in [-0.39, 0.29) is 6.04 Å². The Morgan fingerprint density at radius 1 is 1.17 bits per heavy atom. The molecule has 132 valence electrons. The molecule has 1 atom stereocenters. The molecule has 3 aliphatic rings. The molecule has 7 heteroatoms. The number of rotatable bonds is 5. The van der Waals surface area contributed by atoms with Gasteiger partial charge in [0.15, 0.2) is 5.82 Å². The van der Waals surface area contributed by atoms with E-state index in [4.69, 9.17) is 4.52 Å². The summed E-state index contributed by atoms with van der Waals surface area (Å²) in [5.74, 6) is 2.44. The number of nitrogens with zero attached hydrogens (tertiary/aromatic N) is 5. The Labute approximate surface area is 143 Å². The lowest BCUT2D eigenvalue weighted by atomic mass is 10.2. The summed E-state index contributed by atoms with van der Waals surface area (Å²) in [7, 11) is 0. The van der Waals surface area contributed by atoms with Crippen LogP contribution in [-0.2, 0) is 4.79 Å². The Hall–Kier alpha value is -1.47. The minimum Gasteiger partial charge on any atom is -0.342 e. The van der Waals surface area contributed by atoms with Crippen LogP contribution in [0.3, 0.4) is 0 Å². The van der Waals surface area contributed by atoms with Crippen LogP contribution in [0.1, 0.15) is 56.3 Å². The van der Waals surface area contributed by atoms with Crippen molar-refractivity contribution >= 4 is 5.91 Å². The van der Waals surface area contributed by atoms with E-state index in [9.17, 15) is 4.79 Å². The van der Waals surface area contributed by atoms with Gasteiger partial charge in [0.1, 0.15) is 0 Å². The molecule has 0 radical (unpaired) electrons. The van der Waals surface area contributed by atoms with Crippen molar-refractivity contribution in [2.45, 2.75) is 44.6 Å². The SMILES string of the molecule is CC(c1nc(C2CC2)no1)N1CCN(CC(=O)N2CCCC2)CC1. The Kier molecular flexibility index (Phi) is 4.54. The van der Waals surface area contributed by atoms with Crippen molar-refractivity contribution in [2.24, 2.45) is 0 Å². The highest BCUT2D eigenvalue weighted by Gasteiger charge is 2.32. The zero-order valence-corrected chi connectivity index (χ0v) is 14.5. The van der Waals surface area contributed by atoms with Gasteiger partial charge in [0.25, 0.3) is 0 Å². The molecule has 1 saturated carbocycles. The molecule has 0 aromatic carbocycles. The Morgan fingerprint density at radius 2 is 1.88 bits per heavy atom. The van der Waals surface area contributed by atoms with E-state index in [1.54, 1.807) is 0 Å². The molecular formula is C17H27N5O2. The molecule has 1 amide bonds. The highest BCUT2D eigenvalue weighted by atomic mass is 16.5. The predicted molar refractivity (Wildman–Crippen MR) is 88.5 cm³/mol. The van der Waals surface area contributed by atoms with E-state index in [0.717, 1.165) is 63.8 Å². The average Bonchev–Trinajstić information content (AvgIpc) is 3.12. The van der Waals surface area contributed by atoms with Gasteiger partial charge in [-0.05, 0) is 32.6 Å². The van der Waals surface area contributed by atoms with Crippen molar-refractivity contribution in [3.8, 4) is 0 Å². The van der Waals surface area contributed by atoms with E-state index in [2.05, 4.69) is 26.9 Å². The molecule has 0 N–H and O–H groups in total. The Balaban J connectivity index is 1.26. The maximum Gasteiger partial charge on any atom is 0.243 e. The summed E-state index contributed by atoms with van der Waals surface area (Å²) in [6.07, 6.45) is 4.70. The van der Waals surface area contributed by atoms with Gasteiger partial charge in [0.2, 0.25) is 11.8 Å². The number of carbonyl (C=O) groups is 1. The molecule has 2 aliphatic heterocycles. The molecule has 0 spiro atoms. The Bertz CT molecular complexity index is 571. The minimum absolute atomic E-state index is 0.154. The third-order valence-corrected chi connectivity index (χ3v) is 5.53. The number of carbonyl (C=O) groups excluding carboxylic acids is 1. The molecule has 4 rings (SSSR count). The topological polar surface area (TPSA) is 65.7 Å². The summed E-state index contributed by atoms with van der Waals surface area (Å²) < 4.78 is 5.46. The molecule has 7 nitrogen and oxygen atoms in total. The van der Waals surface area contributed by atoms with Crippen molar-refractivity contribution in [1.82, 2.24) is 24.8 Å². The molecular weight excluding hydrogens is 306 g/mol. The molecule has 1 aromatic heterocycles. The maximum atomic E-state index is 12.3. The summed E-state index contributed by atoms with van der Waals surface area (Å²) >= 11 is 0. The van der Waals surface area contributed by atoms with E-state index in [0.29, 0.717) is 18.4 Å². The second kappa shape index (κ2) is 6.80. The van der Waals surface area contributed by atoms with Crippen LogP contribution in [0.5, 0.6) is 0 Å². The van der Waals surface area contributed by atoms with Crippen LogP contribution < -0.4 is 0 Å². The van der Waals surface area contributed by atoms with E-state index in [1.807, 2.05) is 4.90 Å². The molecule has 0 bridgehead atoms. The van der Waals surface area contributed by atoms with Crippen LogP contribution >= 0.6 is 0 Å². The predicted octanol–water partition coefficient (Wildman–Crippen LogP) is 1.25. The number of likely N-dealkylation sites (tertiary alicyclic amines) is 1. The molecule has 1 aliphatic carbocycles. The molecule has 3 fully saturated rings. The fourth-order valence-corrected chi connectivity index (χ4v) is 3.65. The molecule has 3 heterocycles. The van der Waals surface area contributed by atoms with Gasteiger partial charge in [0, 0.05) is 45.2 Å². The highest BCUT2D eigenvalue weighted by molar-refractivity contribution is 5.78. The molecule has 24 heavy (non-hydrogen) atoms. The van der Waals surface area contributed by atoms with Crippen LogP contribution in [0.4, 0.5) is 0 Å². The average molecular weight is 333 g/mol. The van der Waals surface area contributed by atoms with Crippen molar-refractivity contribution < 1.29 is 9.32 Å². The van der Waals surface area contributed by atoms with Crippen molar-refractivity contribution in [3.05, 3.63) is 11.7 Å². The summed E-state index contributed by atoms with van der Waals surface area (Å²) in [6, 6.07) is 0.154. The third-order valence-electron chi connectivity index (χ3n) is 5.53. The standard InChI is InChI=1S/C17H27N5O2/c1-13(17-18-16(19-24-17)14-4-5-14)21-10-8-20(9-11-21)12-15(23)22-6-2-3-7-22/h13-14H,2-12H2,1H3. The zero-order chi connectivity index (χ0) is 16.5. The van der Waals surface area contributed by atoms with Crippen molar-refractivity contribution in [1.29, 1.82) is 0 Å². The van der Waals surface area contributed by atoms with Gasteiger partial charge in [-0.2, -0.15) is 4.98 Å². The number of aromatic nitrogens is 2. The first-order valence-corrected chi connectivity index (χ1v) is 9.28. The van der Waals surface area contributed by atoms with Gasteiger partial charge >= 0.3 is 0 Å². The maximum absolute atomic E-state index is 12.3. The van der Waals surface area contributed by atoms with Gasteiger partial charge in [-0.25, -0.2) is 0 Å². The Morgan fingerprint density at radius 3 is 2.54 bits per heavy atom.